The average molecular weight is 516 g/mol. The number of halogens is 3. The summed E-state index contributed by atoms with van der Waals surface area (Å²) in [5.41, 5.74) is 0.277. The molecule has 0 unspecified atom stereocenters. The maximum absolute atomic E-state index is 13.7. The van der Waals surface area contributed by atoms with E-state index < -0.39 is 17.6 Å². The lowest BCUT2D eigenvalue weighted by Gasteiger charge is -2.15. The van der Waals surface area contributed by atoms with Gasteiger partial charge < -0.3 is 5.32 Å². The quantitative estimate of drug-likeness (QED) is 0.259. The van der Waals surface area contributed by atoms with Gasteiger partial charge in [-0.2, -0.15) is 13.2 Å². The van der Waals surface area contributed by atoms with Gasteiger partial charge in [0.1, 0.15) is 4.83 Å². The van der Waals surface area contributed by atoms with Crippen LogP contribution in [-0.4, -0.2) is 21.2 Å². The van der Waals surface area contributed by atoms with Crippen molar-refractivity contribution >= 4 is 44.9 Å². The number of rotatable bonds is 5. The van der Waals surface area contributed by atoms with Crippen LogP contribution in [0.15, 0.2) is 64.5 Å². The molecule has 0 fully saturated rings. The number of nitrogens with one attached hydrogen (secondary N) is 1. The molecule has 35 heavy (non-hydrogen) atoms. The molecular formula is C25H20F3N3O2S2. The maximum atomic E-state index is 13.7. The van der Waals surface area contributed by atoms with Crippen molar-refractivity contribution in [3.05, 3.63) is 81.0 Å². The Labute approximate surface area is 207 Å². The number of benzene rings is 2. The van der Waals surface area contributed by atoms with Crippen molar-refractivity contribution < 1.29 is 18.0 Å². The first-order valence-electron chi connectivity index (χ1n) is 11.0. The molecule has 5 rings (SSSR count). The monoisotopic (exact) mass is 515 g/mol. The molecule has 2 heterocycles. The van der Waals surface area contributed by atoms with Crippen molar-refractivity contribution in [1.29, 1.82) is 0 Å². The zero-order chi connectivity index (χ0) is 24.6. The molecule has 1 aliphatic carbocycles. The molecule has 1 aliphatic rings. The maximum Gasteiger partial charge on any atom is 0.418 e. The molecule has 0 atom stereocenters. The molecule has 10 heteroatoms. The van der Waals surface area contributed by atoms with Crippen LogP contribution < -0.4 is 10.9 Å². The first-order chi connectivity index (χ1) is 16.8. The van der Waals surface area contributed by atoms with Crippen LogP contribution in [0, 0.1) is 0 Å². The number of para-hydroxylation sites is 2. The van der Waals surface area contributed by atoms with Gasteiger partial charge in [0, 0.05) is 4.88 Å². The van der Waals surface area contributed by atoms with Gasteiger partial charge in [-0.25, -0.2) is 4.98 Å². The molecule has 1 N–H and O–H groups in total. The number of carbonyl (C=O) groups is 1. The zero-order valence-corrected chi connectivity index (χ0v) is 20.0. The van der Waals surface area contributed by atoms with Crippen molar-refractivity contribution in [2.45, 2.75) is 37.0 Å². The molecule has 0 bridgehead atoms. The van der Waals surface area contributed by atoms with E-state index in [-0.39, 0.29) is 17.0 Å². The van der Waals surface area contributed by atoms with Crippen molar-refractivity contribution in [2.75, 3.05) is 11.1 Å². The lowest BCUT2D eigenvalue weighted by atomic mass is 9.97. The van der Waals surface area contributed by atoms with Crippen LogP contribution in [0.5, 0.6) is 0 Å². The number of carbonyl (C=O) groups excluding carboxylic acids is 1. The van der Waals surface area contributed by atoms with Crippen molar-refractivity contribution in [1.82, 2.24) is 9.55 Å². The van der Waals surface area contributed by atoms with E-state index in [0.717, 1.165) is 49.1 Å². The van der Waals surface area contributed by atoms with Gasteiger partial charge in [0.05, 0.1) is 28.1 Å². The third-order valence-electron chi connectivity index (χ3n) is 5.81. The zero-order valence-electron chi connectivity index (χ0n) is 18.4. The van der Waals surface area contributed by atoms with E-state index in [1.54, 1.807) is 12.1 Å². The molecule has 0 aliphatic heterocycles. The number of amides is 1. The number of hydrogen-bond acceptors (Lipinski definition) is 5. The van der Waals surface area contributed by atoms with Crippen molar-refractivity contribution in [2.24, 2.45) is 0 Å². The van der Waals surface area contributed by atoms with Crippen LogP contribution >= 0.6 is 23.1 Å². The third-order valence-corrected chi connectivity index (χ3v) is 7.94. The number of fused-ring (bicyclic) bond motifs is 3. The molecule has 0 spiro atoms. The molecule has 5 nitrogen and oxygen atoms in total. The van der Waals surface area contributed by atoms with Gasteiger partial charge in [0.15, 0.2) is 5.16 Å². The Bertz CT molecular complexity index is 1460. The van der Waals surface area contributed by atoms with E-state index in [2.05, 4.69) is 5.32 Å². The van der Waals surface area contributed by atoms with Crippen LogP contribution in [0.1, 0.15) is 28.8 Å². The molecule has 180 valence electrons. The smallest absolute Gasteiger partial charge is 0.325 e. The highest BCUT2D eigenvalue weighted by Crippen LogP contribution is 2.36. The summed E-state index contributed by atoms with van der Waals surface area (Å²) in [7, 11) is 0. The SMILES string of the molecule is O=C(CSc1nc2sc3c(c2c(=O)n1-c1ccccc1)CCCC3)Nc1ccccc1C(F)(F)F. The largest absolute Gasteiger partial charge is 0.418 e. The average Bonchev–Trinajstić information content (AvgIpc) is 3.22. The van der Waals surface area contributed by atoms with Gasteiger partial charge in [-0.3, -0.25) is 14.2 Å². The Morgan fingerprint density at radius 3 is 2.54 bits per heavy atom. The Balaban J connectivity index is 1.49. The lowest BCUT2D eigenvalue weighted by molar-refractivity contribution is -0.137. The van der Waals surface area contributed by atoms with E-state index in [4.69, 9.17) is 4.98 Å². The topological polar surface area (TPSA) is 64.0 Å². The van der Waals surface area contributed by atoms with Crippen LogP contribution in [0.2, 0.25) is 0 Å². The van der Waals surface area contributed by atoms with Gasteiger partial charge in [-0.05, 0) is 55.5 Å². The summed E-state index contributed by atoms with van der Waals surface area (Å²) in [5.74, 6) is -0.826. The number of aryl methyl sites for hydroxylation is 2. The summed E-state index contributed by atoms with van der Waals surface area (Å²) in [6.45, 7) is 0. The number of anilines is 1. The van der Waals surface area contributed by atoms with E-state index in [1.807, 2.05) is 18.2 Å². The predicted octanol–water partition coefficient (Wildman–Crippen LogP) is 6.08. The van der Waals surface area contributed by atoms with E-state index in [0.29, 0.717) is 21.1 Å². The standard InChI is InChI=1S/C25H20F3N3O2S2/c26-25(27,28)17-11-5-6-12-18(17)29-20(32)14-34-24-30-22-21(16-10-4-7-13-19(16)35-22)23(33)31(24)15-8-2-1-3-9-15/h1-3,5-6,8-9,11-12H,4,7,10,13-14H2,(H,29,32). The van der Waals surface area contributed by atoms with Crippen LogP contribution in [-0.2, 0) is 23.8 Å². The highest BCUT2D eigenvalue weighted by molar-refractivity contribution is 7.99. The second kappa shape index (κ2) is 9.50. The summed E-state index contributed by atoms with van der Waals surface area (Å²) >= 11 is 2.53. The van der Waals surface area contributed by atoms with Crippen molar-refractivity contribution in [3.63, 3.8) is 0 Å². The summed E-state index contributed by atoms with van der Waals surface area (Å²) in [4.78, 5) is 32.8. The second-order valence-electron chi connectivity index (χ2n) is 8.14. The number of alkyl halides is 3. The number of thiophene rings is 1. The van der Waals surface area contributed by atoms with Gasteiger partial charge in [-0.15, -0.1) is 11.3 Å². The van der Waals surface area contributed by atoms with Crippen LogP contribution in [0.4, 0.5) is 18.9 Å². The van der Waals surface area contributed by atoms with E-state index >= 15 is 0 Å². The minimum Gasteiger partial charge on any atom is -0.325 e. The van der Waals surface area contributed by atoms with Gasteiger partial charge in [0.25, 0.3) is 5.56 Å². The molecule has 4 aromatic rings. The Morgan fingerprint density at radius 2 is 1.77 bits per heavy atom. The number of hydrogen-bond donors (Lipinski definition) is 1. The first kappa shape index (κ1) is 23.6. The Morgan fingerprint density at radius 1 is 1.06 bits per heavy atom. The molecule has 1 amide bonds. The fraction of sp³-hybridized carbons (Fsp3) is 0.240. The highest BCUT2D eigenvalue weighted by Gasteiger charge is 2.33. The number of thioether (sulfide) groups is 1. The van der Waals surface area contributed by atoms with Gasteiger partial charge in [-0.1, -0.05) is 42.1 Å². The van der Waals surface area contributed by atoms with E-state index in [9.17, 15) is 22.8 Å². The summed E-state index contributed by atoms with van der Waals surface area (Å²) in [6.07, 6.45) is -0.720. The molecule has 0 radical (unpaired) electrons. The predicted molar refractivity (Wildman–Crippen MR) is 133 cm³/mol. The lowest BCUT2D eigenvalue weighted by Crippen LogP contribution is -2.23. The second-order valence-corrected chi connectivity index (χ2v) is 10.2. The number of aromatic nitrogens is 2. The van der Waals surface area contributed by atoms with Crippen LogP contribution in [0.3, 0.4) is 0 Å². The molecular weight excluding hydrogens is 495 g/mol. The Kier molecular flexibility index (Phi) is 6.41. The van der Waals surface area contributed by atoms with E-state index in [1.165, 1.54) is 39.0 Å². The first-order valence-corrected chi connectivity index (χ1v) is 12.8. The number of nitrogens with zero attached hydrogens (tertiary/aromatic N) is 2. The van der Waals surface area contributed by atoms with Gasteiger partial charge >= 0.3 is 6.18 Å². The van der Waals surface area contributed by atoms with Crippen molar-refractivity contribution in [3.8, 4) is 5.69 Å². The fourth-order valence-corrected chi connectivity index (χ4v) is 6.36. The molecule has 0 saturated carbocycles. The summed E-state index contributed by atoms with van der Waals surface area (Å²) in [5, 5.41) is 3.30. The van der Waals surface area contributed by atoms with Gasteiger partial charge in [0.2, 0.25) is 5.91 Å². The fourth-order valence-electron chi connectivity index (χ4n) is 4.24. The molecule has 2 aromatic carbocycles. The minimum absolute atomic E-state index is 0.189. The summed E-state index contributed by atoms with van der Waals surface area (Å²) in [6, 6.07) is 13.9. The van der Waals surface area contributed by atoms with Crippen LogP contribution in [0.25, 0.3) is 15.9 Å². The minimum atomic E-state index is -4.59. The molecule has 0 saturated heterocycles. The highest BCUT2D eigenvalue weighted by atomic mass is 32.2. The Hall–Kier alpha value is -3.11. The normalized spacial score (nSPS) is 13.6. The third kappa shape index (κ3) is 4.72. The summed E-state index contributed by atoms with van der Waals surface area (Å²) < 4.78 is 41.3. The molecule has 2 aromatic heterocycles.